The molecule has 0 heterocycles. The molecular formula is C16H19NO. The molecule has 0 saturated carbocycles. The molecule has 2 aromatic rings. The zero-order valence-electron chi connectivity index (χ0n) is 10.9. The van der Waals surface area contributed by atoms with E-state index in [1.165, 1.54) is 5.56 Å². The molecule has 0 saturated heterocycles. The van der Waals surface area contributed by atoms with Gasteiger partial charge in [-0.3, -0.25) is 0 Å². The molecule has 2 nitrogen and oxygen atoms in total. The van der Waals surface area contributed by atoms with Crippen molar-refractivity contribution in [1.29, 1.82) is 0 Å². The van der Waals surface area contributed by atoms with Crippen molar-refractivity contribution in [3.05, 3.63) is 65.2 Å². The Kier molecular flexibility index (Phi) is 4.00. The highest BCUT2D eigenvalue weighted by molar-refractivity contribution is 5.33. The van der Waals surface area contributed by atoms with Gasteiger partial charge < -0.3 is 10.5 Å². The first-order valence-corrected chi connectivity index (χ1v) is 6.19. The lowest BCUT2D eigenvalue weighted by Crippen LogP contribution is -2.18. The molecule has 0 aliphatic heterocycles. The minimum Gasteiger partial charge on any atom is -0.484 e. The molecule has 2 aromatic carbocycles. The fourth-order valence-corrected chi connectivity index (χ4v) is 1.96. The predicted octanol–water partition coefficient (Wildman–Crippen LogP) is 3.38. The second-order valence-corrected chi connectivity index (χ2v) is 4.52. The minimum absolute atomic E-state index is 0.0917. The van der Waals surface area contributed by atoms with Gasteiger partial charge in [-0.2, -0.15) is 0 Å². The van der Waals surface area contributed by atoms with E-state index in [9.17, 15) is 0 Å². The van der Waals surface area contributed by atoms with Gasteiger partial charge in [-0.25, -0.2) is 0 Å². The lowest BCUT2D eigenvalue weighted by molar-refractivity contribution is 0.212. The summed E-state index contributed by atoms with van der Waals surface area (Å²) in [5.41, 5.74) is 9.30. The Hall–Kier alpha value is -1.80. The molecule has 2 rings (SSSR count). The van der Waals surface area contributed by atoms with Crippen molar-refractivity contribution in [2.24, 2.45) is 5.73 Å². The maximum Gasteiger partial charge on any atom is 0.136 e. The highest BCUT2D eigenvalue weighted by atomic mass is 16.5. The summed E-state index contributed by atoms with van der Waals surface area (Å²) in [6.45, 7) is 4.59. The van der Waals surface area contributed by atoms with E-state index >= 15 is 0 Å². The SMILES string of the molecule is Cc1cccc(C(CN)Oc2ccccc2C)c1. The van der Waals surface area contributed by atoms with Gasteiger partial charge in [0.2, 0.25) is 0 Å². The van der Waals surface area contributed by atoms with Crippen LogP contribution in [0.1, 0.15) is 22.8 Å². The Bertz CT molecular complexity index is 522. The Labute approximate surface area is 108 Å². The average Bonchev–Trinajstić information content (AvgIpc) is 2.38. The summed E-state index contributed by atoms with van der Waals surface area (Å²) >= 11 is 0. The molecule has 0 spiro atoms. The molecule has 0 radical (unpaired) electrons. The van der Waals surface area contributed by atoms with Gasteiger partial charge in [0.25, 0.3) is 0 Å². The van der Waals surface area contributed by atoms with Crippen LogP contribution in [0.3, 0.4) is 0 Å². The third kappa shape index (κ3) is 2.90. The summed E-state index contributed by atoms with van der Waals surface area (Å²) in [4.78, 5) is 0. The van der Waals surface area contributed by atoms with Gasteiger partial charge in [0.1, 0.15) is 11.9 Å². The average molecular weight is 241 g/mol. The van der Waals surface area contributed by atoms with Gasteiger partial charge in [-0.05, 0) is 31.0 Å². The van der Waals surface area contributed by atoms with Crippen LogP contribution in [0.5, 0.6) is 5.75 Å². The number of hydrogen-bond donors (Lipinski definition) is 1. The van der Waals surface area contributed by atoms with E-state index in [0.717, 1.165) is 16.9 Å². The first-order chi connectivity index (χ1) is 8.70. The van der Waals surface area contributed by atoms with Gasteiger partial charge in [0.05, 0.1) is 0 Å². The van der Waals surface area contributed by atoms with Crippen LogP contribution in [-0.2, 0) is 0 Å². The second kappa shape index (κ2) is 5.69. The lowest BCUT2D eigenvalue weighted by Gasteiger charge is -2.19. The Morgan fingerprint density at radius 1 is 1.06 bits per heavy atom. The van der Waals surface area contributed by atoms with Crippen molar-refractivity contribution in [3.63, 3.8) is 0 Å². The first-order valence-electron chi connectivity index (χ1n) is 6.19. The van der Waals surface area contributed by atoms with Crippen LogP contribution >= 0.6 is 0 Å². The van der Waals surface area contributed by atoms with Crippen molar-refractivity contribution < 1.29 is 4.74 Å². The fourth-order valence-electron chi connectivity index (χ4n) is 1.96. The van der Waals surface area contributed by atoms with Crippen LogP contribution in [0.25, 0.3) is 0 Å². The minimum atomic E-state index is -0.0917. The van der Waals surface area contributed by atoms with E-state index in [1.807, 2.05) is 37.3 Å². The second-order valence-electron chi connectivity index (χ2n) is 4.52. The Balaban J connectivity index is 2.23. The summed E-state index contributed by atoms with van der Waals surface area (Å²) in [5, 5.41) is 0. The number of hydrogen-bond acceptors (Lipinski definition) is 2. The Morgan fingerprint density at radius 3 is 2.50 bits per heavy atom. The van der Waals surface area contributed by atoms with Crippen LogP contribution in [0.2, 0.25) is 0 Å². The number of aryl methyl sites for hydroxylation is 2. The highest BCUT2D eigenvalue weighted by Crippen LogP contribution is 2.24. The zero-order valence-corrected chi connectivity index (χ0v) is 10.9. The van der Waals surface area contributed by atoms with Crippen molar-refractivity contribution >= 4 is 0 Å². The normalized spacial score (nSPS) is 12.2. The first kappa shape index (κ1) is 12.7. The monoisotopic (exact) mass is 241 g/mol. The van der Waals surface area contributed by atoms with Crippen molar-refractivity contribution in [1.82, 2.24) is 0 Å². The molecule has 1 unspecified atom stereocenters. The van der Waals surface area contributed by atoms with E-state index in [4.69, 9.17) is 10.5 Å². The number of para-hydroxylation sites is 1. The molecule has 0 fully saturated rings. The van der Waals surface area contributed by atoms with Gasteiger partial charge in [-0.15, -0.1) is 0 Å². The van der Waals surface area contributed by atoms with Crippen molar-refractivity contribution in [2.45, 2.75) is 20.0 Å². The van der Waals surface area contributed by atoms with Crippen LogP contribution in [-0.4, -0.2) is 6.54 Å². The summed E-state index contributed by atoms with van der Waals surface area (Å²) < 4.78 is 6.01. The van der Waals surface area contributed by atoms with Crippen LogP contribution in [0, 0.1) is 13.8 Å². The zero-order chi connectivity index (χ0) is 13.0. The topological polar surface area (TPSA) is 35.2 Å². The summed E-state index contributed by atoms with van der Waals surface area (Å²) in [5.74, 6) is 0.898. The molecule has 0 bridgehead atoms. The standard InChI is InChI=1S/C16H19NO/c1-12-6-5-8-14(10-12)16(11-17)18-15-9-4-3-7-13(15)2/h3-10,16H,11,17H2,1-2H3. The lowest BCUT2D eigenvalue weighted by atomic mass is 10.1. The largest absolute Gasteiger partial charge is 0.484 e. The van der Waals surface area contributed by atoms with Gasteiger partial charge in [-0.1, -0.05) is 48.0 Å². The van der Waals surface area contributed by atoms with E-state index in [1.54, 1.807) is 0 Å². The predicted molar refractivity (Wildman–Crippen MR) is 74.8 cm³/mol. The van der Waals surface area contributed by atoms with Gasteiger partial charge in [0.15, 0.2) is 0 Å². The summed E-state index contributed by atoms with van der Waals surface area (Å²) in [6, 6.07) is 16.3. The molecule has 0 amide bonds. The molecule has 94 valence electrons. The fraction of sp³-hybridized carbons (Fsp3) is 0.250. The number of nitrogens with two attached hydrogens (primary N) is 1. The molecule has 2 N–H and O–H groups in total. The quantitative estimate of drug-likeness (QED) is 0.890. The van der Waals surface area contributed by atoms with Crippen LogP contribution < -0.4 is 10.5 Å². The number of benzene rings is 2. The van der Waals surface area contributed by atoms with Gasteiger partial charge >= 0.3 is 0 Å². The molecule has 0 aliphatic carbocycles. The Morgan fingerprint density at radius 2 is 1.83 bits per heavy atom. The van der Waals surface area contributed by atoms with Crippen molar-refractivity contribution in [2.75, 3.05) is 6.54 Å². The van der Waals surface area contributed by atoms with E-state index in [0.29, 0.717) is 6.54 Å². The van der Waals surface area contributed by atoms with E-state index < -0.39 is 0 Å². The van der Waals surface area contributed by atoms with E-state index in [2.05, 4.69) is 25.1 Å². The molecule has 2 heteroatoms. The molecule has 1 atom stereocenters. The van der Waals surface area contributed by atoms with Gasteiger partial charge in [0, 0.05) is 6.54 Å². The molecule has 0 aliphatic rings. The van der Waals surface area contributed by atoms with E-state index in [-0.39, 0.29) is 6.10 Å². The number of rotatable bonds is 4. The molecule has 0 aromatic heterocycles. The third-order valence-corrected chi connectivity index (χ3v) is 2.99. The number of ether oxygens (including phenoxy) is 1. The maximum absolute atomic E-state index is 6.01. The highest BCUT2D eigenvalue weighted by Gasteiger charge is 2.12. The van der Waals surface area contributed by atoms with Crippen LogP contribution in [0.15, 0.2) is 48.5 Å². The maximum atomic E-state index is 6.01. The molecule has 18 heavy (non-hydrogen) atoms. The summed E-state index contributed by atoms with van der Waals surface area (Å²) in [6.07, 6.45) is -0.0917. The third-order valence-electron chi connectivity index (χ3n) is 2.99. The smallest absolute Gasteiger partial charge is 0.136 e. The van der Waals surface area contributed by atoms with Crippen molar-refractivity contribution in [3.8, 4) is 5.75 Å². The summed E-state index contributed by atoms with van der Waals surface area (Å²) in [7, 11) is 0. The molecular weight excluding hydrogens is 222 g/mol. The van der Waals surface area contributed by atoms with Crippen LogP contribution in [0.4, 0.5) is 0 Å².